The maximum atomic E-state index is 14.3. The van der Waals surface area contributed by atoms with Crippen molar-refractivity contribution in [3.05, 3.63) is 71.7 Å². The molecule has 0 saturated heterocycles. The van der Waals surface area contributed by atoms with E-state index in [-0.39, 0.29) is 29.2 Å². The summed E-state index contributed by atoms with van der Waals surface area (Å²) in [5.74, 6) is -3.66. The van der Waals surface area contributed by atoms with Crippen molar-refractivity contribution in [1.29, 1.82) is 0 Å². The van der Waals surface area contributed by atoms with Crippen LogP contribution in [0.5, 0.6) is 5.75 Å². The van der Waals surface area contributed by atoms with Crippen molar-refractivity contribution in [3.8, 4) is 28.9 Å². The molecular formula is C21H10F7N3O4. The first-order chi connectivity index (χ1) is 16.4. The number of halogens is 7. The maximum Gasteiger partial charge on any atom is 0.573 e. The molecule has 0 spiro atoms. The lowest BCUT2D eigenvalue weighted by atomic mass is 10.1. The second-order valence-corrected chi connectivity index (χ2v) is 6.79. The summed E-state index contributed by atoms with van der Waals surface area (Å²) in [6.45, 7) is 0. The highest BCUT2D eigenvalue weighted by Gasteiger charge is 2.36. The predicted octanol–water partition coefficient (Wildman–Crippen LogP) is 6.31. The summed E-state index contributed by atoms with van der Waals surface area (Å²) in [4.78, 5) is 12.6. The zero-order valence-corrected chi connectivity index (χ0v) is 16.9. The lowest BCUT2D eigenvalue weighted by Gasteiger charge is -2.16. The normalized spacial score (nSPS) is 12.0. The molecule has 182 valence electrons. The van der Waals surface area contributed by atoms with E-state index < -0.39 is 46.8 Å². The Morgan fingerprint density at radius 3 is 2.34 bits per heavy atom. The highest BCUT2D eigenvalue weighted by molar-refractivity contribution is 6.06. The van der Waals surface area contributed by atoms with Crippen LogP contribution >= 0.6 is 0 Å². The Labute approximate surface area is 190 Å². The van der Waals surface area contributed by atoms with E-state index in [0.717, 1.165) is 12.1 Å². The van der Waals surface area contributed by atoms with Gasteiger partial charge in [0.25, 0.3) is 11.8 Å². The van der Waals surface area contributed by atoms with Crippen molar-refractivity contribution < 1.29 is 49.1 Å². The van der Waals surface area contributed by atoms with Crippen LogP contribution in [0.3, 0.4) is 0 Å². The van der Waals surface area contributed by atoms with Gasteiger partial charge in [0.2, 0.25) is 5.89 Å². The smallest absolute Gasteiger partial charge is 0.459 e. The molecule has 2 heterocycles. The molecule has 0 bridgehead atoms. The van der Waals surface area contributed by atoms with Crippen LogP contribution in [0.25, 0.3) is 23.1 Å². The van der Waals surface area contributed by atoms with E-state index in [1.54, 1.807) is 6.07 Å². The minimum atomic E-state index is -5.30. The summed E-state index contributed by atoms with van der Waals surface area (Å²) in [5, 5.41) is 9.45. The van der Waals surface area contributed by atoms with Crippen LogP contribution in [0, 0.1) is 5.82 Å². The van der Waals surface area contributed by atoms with Crippen LogP contribution in [0.15, 0.2) is 63.6 Å². The SMILES string of the molecule is O=C(Nc1cc(-c2nnc(-c3ccco3)o2)ccc1F)c1cc(C(F)(F)F)ccc1OC(F)(F)F. The molecule has 0 aliphatic rings. The van der Waals surface area contributed by atoms with Crippen LogP contribution in [0.2, 0.25) is 0 Å². The summed E-state index contributed by atoms with van der Waals surface area (Å²) in [6.07, 6.45) is -8.92. The Bertz CT molecular complexity index is 1360. The molecule has 4 aromatic rings. The first-order valence-corrected chi connectivity index (χ1v) is 9.36. The summed E-state index contributed by atoms with van der Waals surface area (Å²) >= 11 is 0. The van der Waals surface area contributed by atoms with Crippen LogP contribution in [0.1, 0.15) is 15.9 Å². The number of nitrogens with one attached hydrogen (secondary N) is 1. The summed E-state index contributed by atoms with van der Waals surface area (Å²) in [7, 11) is 0. The molecule has 1 amide bonds. The number of alkyl halides is 6. The zero-order chi connectivity index (χ0) is 25.4. The first kappa shape index (κ1) is 23.8. The van der Waals surface area contributed by atoms with Crippen molar-refractivity contribution in [3.63, 3.8) is 0 Å². The van der Waals surface area contributed by atoms with Gasteiger partial charge in [-0.3, -0.25) is 4.79 Å². The third kappa shape index (κ3) is 5.42. The van der Waals surface area contributed by atoms with Gasteiger partial charge in [-0.1, -0.05) is 0 Å². The van der Waals surface area contributed by atoms with Gasteiger partial charge in [-0.25, -0.2) is 4.39 Å². The predicted molar refractivity (Wildman–Crippen MR) is 103 cm³/mol. The van der Waals surface area contributed by atoms with Crippen molar-refractivity contribution in [1.82, 2.24) is 10.2 Å². The molecule has 0 fully saturated rings. The molecule has 35 heavy (non-hydrogen) atoms. The molecule has 7 nitrogen and oxygen atoms in total. The third-order valence-electron chi connectivity index (χ3n) is 4.40. The number of rotatable bonds is 5. The zero-order valence-electron chi connectivity index (χ0n) is 16.9. The number of anilines is 1. The fourth-order valence-electron chi connectivity index (χ4n) is 2.88. The molecular weight excluding hydrogens is 491 g/mol. The second kappa shape index (κ2) is 8.77. The number of amides is 1. The van der Waals surface area contributed by atoms with Gasteiger partial charge in [0, 0.05) is 5.56 Å². The Balaban J connectivity index is 1.66. The maximum absolute atomic E-state index is 14.3. The Morgan fingerprint density at radius 1 is 0.943 bits per heavy atom. The summed E-state index contributed by atoms with van der Waals surface area (Å²) in [6, 6.07) is 6.99. The van der Waals surface area contributed by atoms with E-state index in [9.17, 15) is 35.5 Å². The highest BCUT2D eigenvalue weighted by atomic mass is 19.4. The standard InChI is InChI=1S/C21H10F7N3O4/c22-13-5-3-10(18-30-31-19(34-18)16-2-1-7-33-16)8-14(13)29-17(32)12-9-11(20(23,24)25)4-6-15(12)35-21(26,27)28/h1-9H,(H,29,32). The number of carbonyl (C=O) groups is 1. The van der Waals surface area contributed by atoms with E-state index >= 15 is 0 Å². The molecule has 4 rings (SSSR count). The highest BCUT2D eigenvalue weighted by Crippen LogP contribution is 2.35. The fraction of sp³-hybridized carbons (Fsp3) is 0.0952. The van der Waals surface area contributed by atoms with Crippen molar-refractivity contribution >= 4 is 11.6 Å². The van der Waals surface area contributed by atoms with Gasteiger partial charge in [-0.2, -0.15) is 13.2 Å². The number of hydrogen-bond acceptors (Lipinski definition) is 6. The van der Waals surface area contributed by atoms with Crippen LogP contribution in [0.4, 0.5) is 36.4 Å². The minimum absolute atomic E-state index is 0.0159. The second-order valence-electron chi connectivity index (χ2n) is 6.79. The van der Waals surface area contributed by atoms with E-state index in [2.05, 4.69) is 14.9 Å². The van der Waals surface area contributed by atoms with Crippen molar-refractivity contribution in [2.24, 2.45) is 0 Å². The van der Waals surface area contributed by atoms with Gasteiger partial charge in [0.1, 0.15) is 11.6 Å². The number of benzene rings is 2. The van der Waals surface area contributed by atoms with Crippen LogP contribution < -0.4 is 10.1 Å². The third-order valence-corrected chi connectivity index (χ3v) is 4.40. The molecule has 0 radical (unpaired) electrons. The van der Waals surface area contributed by atoms with Crippen LogP contribution in [-0.4, -0.2) is 22.5 Å². The molecule has 2 aromatic heterocycles. The van der Waals surface area contributed by atoms with Gasteiger partial charge >= 0.3 is 12.5 Å². The Hall–Kier alpha value is -4.36. The molecule has 0 unspecified atom stereocenters. The average molecular weight is 501 g/mol. The van der Waals surface area contributed by atoms with E-state index in [4.69, 9.17) is 8.83 Å². The summed E-state index contributed by atoms with van der Waals surface area (Å²) in [5.41, 5.74) is -3.04. The Kier molecular flexibility index (Phi) is 5.96. The Morgan fingerprint density at radius 2 is 1.69 bits per heavy atom. The monoisotopic (exact) mass is 501 g/mol. The van der Waals surface area contributed by atoms with Crippen LogP contribution in [-0.2, 0) is 6.18 Å². The molecule has 2 aromatic carbocycles. The van der Waals surface area contributed by atoms with Gasteiger partial charge in [-0.05, 0) is 48.5 Å². The molecule has 0 atom stereocenters. The van der Waals surface area contributed by atoms with E-state index in [1.165, 1.54) is 18.4 Å². The first-order valence-electron chi connectivity index (χ1n) is 9.36. The molecule has 0 aliphatic heterocycles. The number of carbonyl (C=O) groups excluding carboxylic acids is 1. The number of hydrogen-bond donors (Lipinski definition) is 1. The lowest BCUT2D eigenvalue weighted by molar-refractivity contribution is -0.274. The molecule has 0 aliphatic carbocycles. The molecule has 0 saturated carbocycles. The summed E-state index contributed by atoms with van der Waals surface area (Å²) < 4.78 is 106. The number of furan rings is 1. The largest absolute Gasteiger partial charge is 0.573 e. The molecule has 14 heteroatoms. The van der Waals surface area contributed by atoms with Gasteiger partial charge < -0.3 is 18.9 Å². The molecule has 1 N–H and O–H groups in total. The average Bonchev–Trinajstić information content (AvgIpc) is 3.45. The van der Waals surface area contributed by atoms with Crippen molar-refractivity contribution in [2.75, 3.05) is 5.32 Å². The van der Waals surface area contributed by atoms with Crippen molar-refractivity contribution in [2.45, 2.75) is 12.5 Å². The van der Waals surface area contributed by atoms with Gasteiger partial charge in [0.05, 0.1) is 23.1 Å². The fourth-order valence-corrected chi connectivity index (χ4v) is 2.88. The lowest BCUT2D eigenvalue weighted by Crippen LogP contribution is -2.22. The van der Waals surface area contributed by atoms with Gasteiger partial charge in [-0.15, -0.1) is 23.4 Å². The minimum Gasteiger partial charge on any atom is -0.459 e. The van der Waals surface area contributed by atoms with E-state index in [0.29, 0.717) is 12.1 Å². The van der Waals surface area contributed by atoms with E-state index in [1.807, 2.05) is 5.32 Å². The number of nitrogens with zero attached hydrogens (tertiary/aromatic N) is 2. The quantitative estimate of drug-likeness (QED) is 0.323. The number of aromatic nitrogens is 2. The number of ether oxygens (including phenoxy) is 1. The van der Waals surface area contributed by atoms with Gasteiger partial charge in [0.15, 0.2) is 5.76 Å². The topological polar surface area (TPSA) is 90.4 Å².